The Morgan fingerprint density at radius 2 is 0.942 bits per heavy atom. The average Bonchev–Trinajstić information content (AvgIpc) is 3.88. The van der Waals surface area contributed by atoms with Gasteiger partial charge in [0.05, 0.1) is 16.7 Å². The fourth-order valence-electron chi connectivity index (χ4n) is 9.40. The van der Waals surface area contributed by atoms with Crippen molar-refractivity contribution in [3.8, 4) is 39.1 Å². The quantitative estimate of drug-likeness (QED) is 0.176. The Bertz CT molecular complexity index is 3220. The van der Waals surface area contributed by atoms with Crippen molar-refractivity contribution in [2.75, 3.05) is 0 Å². The number of hydrogen-bond acceptors (Lipinski definition) is 2. The van der Waals surface area contributed by atoms with Crippen LogP contribution in [0.25, 0.3) is 81.0 Å². The van der Waals surface area contributed by atoms with Crippen molar-refractivity contribution in [3.63, 3.8) is 0 Å². The van der Waals surface area contributed by atoms with Crippen molar-refractivity contribution in [2.45, 2.75) is 19.6 Å². The normalized spacial score (nSPS) is 15.4. The molecule has 0 amide bonds. The van der Waals surface area contributed by atoms with Gasteiger partial charge in [-0.15, -0.1) is 11.3 Å². The largest absolute Gasteiger partial charge is 0.309 e. The fraction of sp³-hybridized carbons (Fsp3) is 0. The van der Waals surface area contributed by atoms with Gasteiger partial charge in [-0.1, -0.05) is 115 Å². The smallest absolute Gasteiger partial charge is 0.0548 e. The molecule has 1 spiro atoms. The number of para-hydroxylation sites is 2. The summed E-state index contributed by atoms with van der Waals surface area (Å²) in [7, 11) is -3.88. The van der Waals surface area contributed by atoms with Crippen LogP contribution in [0.1, 0.15) is 0 Å². The van der Waals surface area contributed by atoms with Gasteiger partial charge < -0.3 is 4.57 Å². The van der Waals surface area contributed by atoms with Crippen LogP contribution in [0.15, 0.2) is 196 Å². The van der Waals surface area contributed by atoms with Crippen LogP contribution in [-0.4, -0.2) is 8.78 Å². The van der Waals surface area contributed by atoms with Crippen LogP contribution in [0.4, 0.5) is 0 Å². The van der Waals surface area contributed by atoms with Gasteiger partial charge >= 0.3 is 0 Å². The zero-order chi connectivity index (χ0) is 34.2. The van der Waals surface area contributed by atoms with Crippen molar-refractivity contribution in [3.05, 3.63) is 176 Å². The summed E-state index contributed by atoms with van der Waals surface area (Å²) >= 11 is 1.86. The number of aromatic nitrogens is 1. The Morgan fingerprint density at radius 1 is 0.385 bits per heavy atom. The Balaban J connectivity index is 1.14. The predicted molar refractivity (Wildman–Crippen MR) is 218 cm³/mol. The molecule has 0 atom stereocenters. The van der Waals surface area contributed by atoms with Crippen LogP contribution >= 0.6 is 11.3 Å². The molecule has 12 rings (SSSR count). The summed E-state index contributed by atoms with van der Waals surface area (Å²) in [6.07, 6.45) is 0. The van der Waals surface area contributed by atoms with E-state index < -0.39 is 9.07 Å². The van der Waals surface area contributed by atoms with Crippen molar-refractivity contribution >= 4 is 62.4 Å². The van der Waals surface area contributed by atoms with E-state index in [4.69, 9.17) is 0 Å². The monoisotopic (exact) mass is 699 g/mol. The van der Waals surface area contributed by atoms with Crippen LogP contribution in [0.2, 0.25) is 0 Å². The maximum Gasteiger partial charge on any atom is 0.0548 e. The first kappa shape index (κ1) is 28.6. The molecular weight excluding hydrogens is 671 g/mol. The molecule has 0 bridgehead atoms. The van der Waals surface area contributed by atoms with E-state index in [0.717, 1.165) is 58.7 Å². The second kappa shape index (κ2) is 9.83. The molecule has 0 N–H and O–H groups in total. The SMILES string of the molecule is O=S12(c3ccccc3-c3ccccc31)c1ccccc1-c1cc(-c3ccccc3-n3c4ccccc4c4cc5sc6ccccc6c5cc43)ccc12. The van der Waals surface area contributed by atoms with Crippen LogP contribution in [0, 0.1) is 0 Å². The number of hydrogen-bond donors (Lipinski definition) is 0. The molecule has 4 heterocycles. The third-order valence-electron chi connectivity index (χ3n) is 11.5. The van der Waals surface area contributed by atoms with E-state index in [0.29, 0.717) is 0 Å². The van der Waals surface area contributed by atoms with Crippen molar-refractivity contribution < 1.29 is 4.21 Å². The van der Waals surface area contributed by atoms with Gasteiger partial charge in [-0.05, 0) is 88.5 Å². The summed E-state index contributed by atoms with van der Waals surface area (Å²) in [4.78, 5) is 3.64. The van der Waals surface area contributed by atoms with E-state index in [1.165, 1.54) is 42.0 Å². The van der Waals surface area contributed by atoms with Gasteiger partial charge in [0, 0.05) is 65.2 Å². The van der Waals surface area contributed by atoms with Gasteiger partial charge in [-0.3, -0.25) is 4.21 Å². The van der Waals surface area contributed by atoms with Gasteiger partial charge in [0.25, 0.3) is 0 Å². The zero-order valence-corrected chi connectivity index (χ0v) is 29.5. The van der Waals surface area contributed by atoms with Crippen LogP contribution in [0.3, 0.4) is 0 Å². The minimum Gasteiger partial charge on any atom is -0.309 e. The second-order valence-corrected chi connectivity index (χ2v) is 18.7. The van der Waals surface area contributed by atoms with E-state index in [1.54, 1.807) is 0 Å². The molecule has 8 aromatic carbocycles. The number of rotatable bonds is 2. The Morgan fingerprint density at radius 3 is 1.67 bits per heavy atom. The Kier molecular flexibility index (Phi) is 5.41. The summed E-state index contributed by atoms with van der Waals surface area (Å²) < 4.78 is 21.9. The summed E-state index contributed by atoms with van der Waals surface area (Å²) in [6.45, 7) is 0. The Labute approximate surface area is 304 Å². The third-order valence-corrected chi connectivity index (χ3v) is 17.4. The maximum absolute atomic E-state index is 16.8. The second-order valence-electron chi connectivity index (χ2n) is 14.0. The molecule has 2 aromatic heterocycles. The molecule has 0 saturated carbocycles. The summed E-state index contributed by atoms with van der Waals surface area (Å²) in [5, 5.41) is 5.08. The molecule has 2 aliphatic rings. The van der Waals surface area contributed by atoms with Gasteiger partial charge in [0.15, 0.2) is 0 Å². The maximum atomic E-state index is 16.8. The third kappa shape index (κ3) is 3.29. The first-order valence-corrected chi connectivity index (χ1v) is 20.5. The Hall–Kier alpha value is -6.07. The van der Waals surface area contributed by atoms with Crippen LogP contribution in [-0.2, 0) is 9.07 Å². The lowest BCUT2D eigenvalue weighted by molar-refractivity contribution is 0.658. The molecule has 2 aliphatic heterocycles. The first-order chi connectivity index (χ1) is 25.6. The standard InChI is InChI=1S/C48H29NOS2/c50-52(45-22-10-4-16-34(45)35-17-5-11-23-46(35)52)47-24-12-6-18-36(47)39-27-30(25-26-48(39)52)31-13-1-7-19-40(31)49-41-20-8-2-14-32(41)37-29-44-38(28-42(37)49)33-15-3-9-21-43(33)51-44/h1-29H. The van der Waals surface area contributed by atoms with E-state index in [1.807, 2.05) is 29.5 Å². The van der Waals surface area contributed by atoms with Gasteiger partial charge in [-0.25, -0.2) is 0 Å². The molecular formula is C48H29NOS2. The van der Waals surface area contributed by atoms with E-state index in [-0.39, 0.29) is 0 Å². The highest BCUT2D eigenvalue weighted by Crippen LogP contribution is 2.71. The lowest BCUT2D eigenvalue weighted by Crippen LogP contribution is -2.29. The van der Waals surface area contributed by atoms with Crippen molar-refractivity contribution in [1.29, 1.82) is 0 Å². The van der Waals surface area contributed by atoms with E-state index >= 15 is 4.21 Å². The first-order valence-electron chi connectivity index (χ1n) is 17.7. The molecule has 4 heteroatoms. The molecule has 2 nitrogen and oxygen atoms in total. The van der Waals surface area contributed by atoms with Gasteiger partial charge in [0.1, 0.15) is 0 Å². The molecule has 0 saturated heterocycles. The molecule has 0 fully saturated rings. The number of benzene rings is 8. The molecule has 244 valence electrons. The lowest BCUT2D eigenvalue weighted by Gasteiger charge is -2.38. The summed E-state index contributed by atoms with van der Waals surface area (Å²) in [5.41, 5.74) is 9.94. The van der Waals surface area contributed by atoms with E-state index in [2.05, 4.69) is 162 Å². The highest BCUT2D eigenvalue weighted by molar-refractivity contribution is 8.21. The lowest BCUT2D eigenvalue weighted by atomic mass is 9.98. The summed E-state index contributed by atoms with van der Waals surface area (Å²) in [5.74, 6) is 0. The average molecular weight is 700 g/mol. The number of fused-ring (bicyclic) bond motifs is 16. The topological polar surface area (TPSA) is 22.0 Å². The molecule has 0 radical (unpaired) electrons. The number of thiophene rings is 1. The predicted octanol–water partition coefficient (Wildman–Crippen LogP) is 13.1. The van der Waals surface area contributed by atoms with Crippen molar-refractivity contribution in [2.24, 2.45) is 0 Å². The highest BCUT2D eigenvalue weighted by atomic mass is 32.3. The van der Waals surface area contributed by atoms with Crippen LogP contribution in [0.5, 0.6) is 0 Å². The minimum absolute atomic E-state index is 0.903. The number of nitrogens with zero attached hydrogens (tertiary/aromatic N) is 1. The molecule has 0 aliphatic carbocycles. The summed E-state index contributed by atoms with van der Waals surface area (Å²) in [6, 6.07) is 62.7. The van der Waals surface area contributed by atoms with E-state index in [9.17, 15) is 0 Å². The molecule has 0 unspecified atom stereocenters. The fourth-order valence-corrected chi connectivity index (χ4v) is 15.7. The van der Waals surface area contributed by atoms with Crippen molar-refractivity contribution in [1.82, 2.24) is 4.57 Å². The van der Waals surface area contributed by atoms with Gasteiger partial charge in [-0.2, -0.15) is 0 Å². The van der Waals surface area contributed by atoms with Gasteiger partial charge in [0.2, 0.25) is 0 Å². The minimum atomic E-state index is -3.88. The highest BCUT2D eigenvalue weighted by Gasteiger charge is 2.57. The zero-order valence-electron chi connectivity index (χ0n) is 27.9. The van der Waals surface area contributed by atoms with Crippen LogP contribution < -0.4 is 0 Å². The molecule has 52 heavy (non-hydrogen) atoms. The molecule has 10 aromatic rings.